The number of hydrogen-bond donors (Lipinski definition) is 1. The van der Waals surface area contributed by atoms with Crippen molar-refractivity contribution < 1.29 is 0 Å². The van der Waals surface area contributed by atoms with Gasteiger partial charge in [0, 0.05) is 30.4 Å². The number of hydrogen-bond acceptors (Lipinski definition) is 4. The molecule has 0 unspecified atom stereocenters. The molecule has 1 saturated carbocycles. The minimum Gasteiger partial charge on any atom is -0.348 e. The van der Waals surface area contributed by atoms with Crippen LogP contribution in [0.25, 0.3) is 0 Å². The Bertz CT molecular complexity index is 460. The predicted octanol–water partition coefficient (Wildman–Crippen LogP) is 3.76. The van der Waals surface area contributed by atoms with Gasteiger partial charge < -0.3 is 10.2 Å². The average Bonchev–Trinajstić information content (AvgIpc) is 3.08. The van der Waals surface area contributed by atoms with Crippen LogP contribution in [0.4, 0.5) is 5.13 Å². The van der Waals surface area contributed by atoms with Gasteiger partial charge in [0.2, 0.25) is 0 Å². The van der Waals surface area contributed by atoms with Gasteiger partial charge in [0.25, 0.3) is 0 Å². The second-order valence-electron chi connectivity index (χ2n) is 6.49. The van der Waals surface area contributed by atoms with Gasteiger partial charge in [-0.15, -0.1) is 11.3 Å². The van der Waals surface area contributed by atoms with E-state index in [-0.39, 0.29) is 0 Å². The molecule has 1 aliphatic carbocycles. The highest BCUT2D eigenvalue weighted by molar-refractivity contribution is 7.15. The molecule has 20 heavy (non-hydrogen) atoms. The van der Waals surface area contributed by atoms with Gasteiger partial charge >= 0.3 is 0 Å². The third-order valence-electron chi connectivity index (χ3n) is 5.23. The second kappa shape index (κ2) is 5.64. The fourth-order valence-electron chi connectivity index (χ4n) is 3.37. The van der Waals surface area contributed by atoms with Crippen molar-refractivity contribution in [1.82, 2.24) is 10.3 Å². The van der Waals surface area contributed by atoms with E-state index in [0.29, 0.717) is 5.41 Å². The molecular formula is C16H27N3S. The van der Waals surface area contributed by atoms with Crippen LogP contribution in [0.15, 0.2) is 0 Å². The quantitative estimate of drug-likeness (QED) is 0.865. The first-order chi connectivity index (χ1) is 9.71. The highest BCUT2D eigenvalue weighted by atomic mass is 32.1. The Hall–Kier alpha value is -0.610. The molecule has 3 rings (SSSR count). The molecule has 112 valence electrons. The molecule has 0 radical (unpaired) electrons. The number of aromatic nitrogens is 1. The lowest BCUT2D eigenvalue weighted by atomic mass is 9.82. The first-order valence-corrected chi connectivity index (χ1v) is 8.92. The maximum Gasteiger partial charge on any atom is 0.185 e. The molecular weight excluding hydrogens is 266 g/mol. The standard InChI is InChI=1S/C16H27N3S/c1-4-16(5-2)8-9-19(11-16)15-18-14(12-6-7-12)13(20-15)10-17-3/h12,17H,4-11H2,1-3H3. The van der Waals surface area contributed by atoms with Crippen LogP contribution in [0.5, 0.6) is 0 Å². The SMILES string of the molecule is CCC1(CC)CCN(c2nc(C3CC3)c(CNC)s2)C1. The minimum atomic E-state index is 0.536. The summed E-state index contributed by atoms with van der Waals surface area (Å²) in [6.45, 7) is 8.06. The third kappa shape index (κ3) is 2.60. The Labute approximate surface area is 126 Å². The van der Waals surface area contributed by atoms with E-state index in [9.17, 15) is 0 Å². The largest absolute Gasteiger partial charge is 0.348 e. The Kier molecular flexibility index (Phi) is 4.04. The zero-order chi connectivity index (χ0) is 14.2. The van der Waals surface area contributed by atoms with Crippen molar-refractivity contribution in [2.24, 2.45) is 5.41 Å². The summed E-state index contributed by atoms with van der Waals surface area (Å²) >= 11 is 1.92. The molecule has 0 atom stereocenters. The van der Waals surface area contributed by atoms with Crippen LogP contribution in [0.1, 0.15) is 62.4 Å². The van der Waals surface area contributed by atoms with E-state index < -0.39 is 0 Å². The van der Waals surface area contributed by atoms with Crippen molar-refractivity contribution in [1.29, 1.82) is 0 Å². The van der Waals surface area contributed by atoms with Gasteiger partial charge in [-0.1, -0.05) is 13.8 Å². The molecule has 1 aromatic heterocycles. The van der Waals surface area contributed by atoms with Crippen LogP contribution in [0.2, 0.25) is 0 Å². The van der Waals surface area contributed by atoms with E-state index in [1.54, 1.807) is 0 Å². The lowest BCUT2D eigenvalue weighted by Gasteiger charge is -2.26. The number of rotatable bonds is 6. The summed E-state index contributed by atoms with van der Waals surface area (Å²) in [5.74, 6) is 0.757. The van der Waals surface area contributed by atoms with Gasteiger partial charge in [-0.25, -0.2) is 4.98 Å². The van der Waals surface area contributed by atoms with Crippen LogP contribution in [-0.4, -0.2) is 25.1 Å². The second-order valence-corrected chi connectivity index (χ2v) is 7.55. The van der Waals surface area contributed by atoms with Crippen molar-refractivity contribution >= 4 is 16.5 Å². The van der Waals surface area contributed by atoms with Crippen LogP contribution < -0.4 is 10.2 Å². The van der Waals surface area contributed by atoms with E-state index in [0.717, 1.165) is 12.5 Å². The van der Waals surface area contributed by atoms with Crippen molar-refractivity contribution in [3.63, 3.8) is 0 Å². The van der Waals surface area contributed by atoms with E-state index in [2.05, 4.69) is 24.1 Å². The molecule has 1 saturated heterocycles. The van der Waals surface area contributed by atoms with E-state index in [1.807, 2.05) is 18.4 Å². The molecule has 0 aromatic carbocycles. The summed E-state index contributed by atoms with van der Waals surface area (Å²) in [7, 11) is 2.03. The zero-order valence-electron chi connectivity index (χ0n) is 13.0. The molecule has 0 amide bonds. The summed E-state index contributed by atoms with van der Waals surface area (Å²) in [6.07, 6.45) is 6.61. The van der Waals surface area contributed by atoms with Crippen molar-refractivity contribution in [3.05, 3.63) is 10.6 Å². The normalized spacial score (nSPS) is 21.6. The van der Waals surface area contributed by atoms with Gasteiger partial charge in [-0.2, -0.15) is 0 Å². The first kappa shape index (κ1) is 14.3. The van der Waals surface area contributed by atoms with Gasteiger partial charge in [0.1, 0.15) is 0 Å². The summed E-state index contributed by atoms with van der Waals surface area (Å²) in [6, 6.07) is 0. The monoisotopic (exact) mass is 293 g/mol. The minimum absolute atomic E-state index is 0.536. The fraction of sp³-hybridized carbons (Fsp3) is 0.812. The molecule has 2 aliphatic rings. The fourth-order valence-corrected chi connectivity index (χ4v) is 4.56. The Morgan fingerprint density at radius 2 is 2.10 bits per heavy atom. The first-order valence-electron chi connectivity index (χ1n) is 8.10. The van der Waals surface area contributed by atoms with E-state index >= 15 is 0 Å². The highest BCUT2D eigenvalue weighted by Crippen LogP contribution is 2.46. The van der Waals surface area contributed by atoms with Crippen LogP contribution >= 0.6 is 11.3 Å². The molecule has 0 bridgehead atoms. The summed E-state index contributed by atoms with van der Waals surface area (Å²) in [5, 5.41) is 4.58. The smallest absolute Gasteiger partial charge is 0.185 e. The number of nitrogens with one attached hydrogen (secondary N) is 1. The lowest BCUT2D eigenvalue weighted by molar-refractivity contribution is 0.301. The lowest BCUT2D eigenvalue weighted by Crippen LogP contribution is -2.26. The zero-order valence-corrected chi connectivity index (χ0v) is 13.9. The molecule has 2 heterocycles. The van der Waals surface area contributed by atoms with Gasteiger partial charge in [-0.3, -0.25) is 0 Å². The molecule has 1 N–H and O–H groups in total. The number of thiazole rings is 1. The molecule has 3 nitrogen and oxygen atoms in total. The van der Waals surface area contributed by atoms with Crippen LogP contribution in [0.3, 0.4) is 0 Å². The molecule has 4 heteroatoms. The van der Waals surface area contributed by atoms with Gasteiger partial charge in [-0.05, 0) is 44.6 Å². The van der Waals surface area contributed by atoms with Crippen LogP contribution in [-0.2, 0) is 6.54 Å². The third-order valence-corrected chi connectivity index (χ3v) is 6.36. The Balaban J connectivity index is 1.79. The number of anilines is 1. The van der Waals surface area contributed by atoms with Crippen LogP contribution in [0, 0.1) is 5.41 Å². The molecule has 1 aliphatic heterocycles. The van der Waals surface area contributed by atoms with Crippen molar-refractivity contribution in [3.8, 4) is 0 Å². The summed E-state index contributed by atoms with van der Waals surface area (Å²) in [5.41, 5.74) is 1.93. The summed E-state index contributed by atoms with van der Waals surface area (Å²) < 4.78 is 0. The van der Waals surface area contributed by atoms with Crippen molar-refractivity contribution in [2.75, 3.05) is 25.0 Å². The maximum atomic E-state index is 5.01. The number of nitrogens with zero attached hydrogens (tertiary/aromatic N) is 2. The molecule has 1 aromatic rings. The topological polar surface area (TPSA) is 28.2 Å². The predicted molar refractivity (Wildman–Crippen MR) is 86.7 cm³/mol. The Morgan fingerprint density at radius 1 is 1.35 bits per heavy atom. The van der Waals surface area contributed by atoms with E-state index in [1.165, 1.54) is 60.9 Å². The van der Waals surface area contributed by atoms with E-state index in [4.69, 9.17) is 4.98 Å². The molecule has 2 fully saturated rings. The average molecular weight is 293 g/mol. The summed E-state index contributed by atoms with van der Waals surface area (Å²) in [4.78, 5) is 9.02. The van der Waals surface area contributed by atoms with Gasteiger partial charge in [0.05, 0.1) is 5.69 Å². The van der Waals surface area contributed by atoms with Crippen molar-refractivity contribution in [2.45, 2.75) is 58.4 Å². The Morgan fingerprint density at radius 3 is 2.65 bits per heavy atom. The van der Waals surface area contributed by atoms with Gasteiger partial charge in [0.15, 0.2) is 5.13 Å². The molecule has 0 spiro atoms. The highest BCUT2D eigenvalue weighted by Gasteiger charge is 2.37. The maximum absolute atomic E-state index is 5.01.